The first-order valence-corrected chi connectivity index (χ1v) is 6.90. The van der Waals surface area contributed by atoms with Gasteiger partial charge in [-0.1, -0.05) is 0 Å². The smallest absolute Gasteiger partial charge is 0.0553 e. The lowest BCUT2D eigenvalue weighted by atomic mass is 10.1. The van der Waals surface area contributed by atoms with Gasteiger partial charge in [0.05, 0.1) is 17.6 Å². The SMILES string of the molecule is CN1C2CCC1CN(c1ccc(CN)nc1)CC2. The summed E-state index contributed by atoms with van der Waals surface area (Å²) in [5.74, 6) is 0. The summed E-state index contributed by atoms with van der Waals surface area (Å²) in [6.07, 6.45) is 5.96. The summed E-state index contributed by atoms with van der Waals surface area (Å²) in [5, 5.41) is 0. The molecule has 0 spiro atoms. The second-order valence-electron chi connectivity index (χ2n) is 5.50. The normalized spacial score (nSPS) is 28.4. The molecule has 0 radical (unpaired) electrons. The first-order valence-electron chi connectivity index (χ1n) is 6.90. The van der Waals surface area contributed by atoms with Gasteiger partial charge in [-0.05, 0) is 38.4 Å². The molecule has 3 heterocycles. The molecule has 2 fully saturated rings. The Morgan fingerprint density at radius 3 is 2.83 bits per heavy atom. The molecule has 2 aliphatic rings. The van der Waals surface area contributed by atoms with Crippen LogP contribution in [0.1, 0.15) is 25.0 Å². The maximum atomic E-state index is 5.59. The van der Waals surface area contributed by atoms with Crippen molar-refractivity contribution >= 4 is 5.69 Å². The summed E-state index contributed by atoms with van der Waals surface area (Å²) in [6.45, 7) is 2.81. The number of nitrogens with zero attached hydrogens (tertiary/aromatic N) is 3. The van der Waals surface area contributed by atoms with Crippen molar-refractivity contribution in [1.29, 1.82) is 0 Å². The van der Waals surface area contributed by atoms with Gasteiger partial charge in [0.1, 0.15) is 0 Å². The fourth-order valence-corrected chi connectivity index (χ4v) is 3.27. The largest absolute Gasteiger partial charge is 0.369 e. The number of aromatic nitrogens is 1. The molecule has 98 valence electrons. The Morgan fingerprint density at radius 2 is 2.11 bits per heavy atom. The fourth-order valence-electron chi connectivity index (χ4n) is 3.27. The molecule has 2 aliphatic heterocycles. The maximum absolute atomic E-state index is 5.59. The highest BCUT2D eigenvalue weighted by atomic mass is 15.3. The van der Waals surface area contributed by atoms with Gasteiger partial charge in [-0.2, -0.15) is 0 Å². The minimum absolute atomic E-state index is 0.522. The summed E-state index contributed by atoms with van der Waals surface area (Å²) in [4.78, 5) is 9.45. The standard InChI is InChI=1S/C14H22N4/c1-17-12-4-5-14(17)10-18(7-6-12)13-3-2-11(8-15)16-9-13/h2-3,9,12,14H,4-8,10,15H2,1H3. The van der Waals surface area contributed by atoms with Gasteiger partial charge < -0.3 is 10.6 Å². The molecule has 4 nitrogen and oxygen atoms in total. The maximum Gasteiger partial charge on any atom is 0.0553 e. The van der Waals surface area contributed by atoms with E-state index in [0.717, 1.165) is 24.8 Å². The summed E-state index contributed by atoms with van der Waals surface area (Å²) in [7, 11) is 2.28. The molecule has 2 N–H and O–H groups in total. The first-order chi connectivity index (χ1) is 8.78. The van der Waals surface area contributed by atoms with Gasteiger partial charge in [0.15, 0.2) is 0 Å². The second kappa shape index (κ2) is 4.86. The van der Waals surface area contributed by atoms with Crippen molar-refractivity contribution in [3.05, 3.63) is 24.0 Å². The zero-order chi connectivity index (χ0) is 12.5. The van der Waals surface area contributed by atoms with Crippen LogP contribution in [-0.4, -0.2) is 42.1 Å². The van der Waals surface area contributed by atoms with Crippen LogP contribution in [0, 0.1) is 0 Å². The molecule has 0 aliphatic carbocycles. The Bertz CT molecular complexity index is 403. The minimum Gasteiger partial charge on any atom is -0.369 e. The fraction of sp³-hybridized carbons (Fsp3) is 0.643. The molecule has 2 bridgehead atoms. The highest BCUT2D eigenvalue weighted by Crippen LogP contribution is 2.30. The quantitative estimate of drug-likeness (QED) is 0.852. The summed E-state index contributed by atoms with van der Waals surface area (Å²) in [5.41, 5.74) is 7.80. The molecular weight excluding hydrogens is 224 g/mol. The van der Waals surface area contributed by atoms with Crippen molar-refractivity contribution in [2.45, 2.75) is 37.9 Å². The molecule has 0 aromatic carbocycles. The van der Waals surface area contributed by atoms with Crippen molar-refractivity contribution < 1.29 is 0 Å². The van der Waals surface area contributed by atoms with Gasteiger partial charge in [-0.25, -0.2) is 0 Å². The van der Waals surface area contributed by atoms with Crippen molar-refractivity contribution in [1.82, 2.24) is 9.88 Å². The third kappa shape index (κ3) is 2.10. The number of fused-ring (bicyclic) bond motifs is 2. The van der Waals surface area contributed by atoms with E-state index in [9.17, 15) is 0 Å². The van der Waals surface area contributed by atoms with E-state index in [2.05, 4.69) is 27.9 Å². The monoisotopic (exact) mass is 246 g/mol. The predicted octanol–water partition coefficient (Wildman–Crippen LogP) is 1.21. The number of pyridine rings is 1. The molecule has 3 rings (SSSR count). The summed E-state index contributed by atoms with van der Waals surface area (Å²) in [6, 6.07) is 5.71. The van der Waals surface area contributed by atoms with Crippen LogP contribution in [0.4, 0.5) is 5.69 Å². The van der Waals surface area contributed by atoms with Crippen LogP contribution in [0.25, 0.3) is 0 Å². The molecular formula is C14H22N4. The van der Waals surface area contributed by atoms with E-state index in [1.165, 1.54) is 24.9 Å². The van der Waals surface area contributed by atoms with E-state index in [0.29, 0.717) is 12.6 Å². The Morgan fingerprint density at radius 1 is 1.28 bits per heavy atom. The van der Waals surface area contributed by atoms with Crippen LogP contribution in [-0.2, 0) is 6.54 Å². The number of nitrogens with two attached hydrogens (primary N) is 1. The number of hydrogen-bond acceptors (Lipinski definition) is 4. The molecule has 2 atom stereocenters. The van der Waals surface area contributed by atoms with E-state index in [4.69, 9.17) is 5.73 Å². The van der Waals surface area contributed by atoms with E-state index in [1.54, 1.807) is 0 Å². The molecule has 0 saturated carbocycles. The van der Waals surface area contributed by atoms with E-state index in [-0.39, 0.29) is 0 Å². The van der Waals surface area contributed by atoms with Gasteiger partial charge in [0.25, 0.3) is 0 Å². The van der Waals surface area contributed by atoms with Crippen LogP contribution < -0.4 is 10.6 Å². The predicted molar refractivity (Wildman–Crippen MR) is 73.5 cm³/mol. The molecule has 2 saturated heterocycles. The highest BCUT2D eigenvalue weighted by Gasteiger charge is 2.34. The number of anilines is 1. The zero-order valence-corrected chi connectivity index (χ0v) is 11.0. The van der Waals surface area contributed by atoms with Crippen LogP contribution in [0.15, 0.2) is 18.3 Å². The van der Waals surface area contributed by atoms with Gasteiger partial charge >= 0.3 is 0 Å². The van der Waals surface area contributed by atoms with Crippen molar-refractivity contribution in [2.75, 3.05) is 25.0 Å². The molecule has 18 heavy (non-hydrogen) atoms. The average molecular weight is 246 g/mol. The average Bonchev–Trinajstić information content (AvgIpc) is 2.64. The van der Waals surface area contributed by atoms with Crippen LogP contribution in [0.5, 0.6) is 0 Å². The molecule has 1 aromatic heterocycles. The van der Waals surface area contributed by atoms with E-state index in [1.807, 2.05) is 12.3 Å². The van der Waals surface area contributed by atoms with Gasteiger partial charge in [-0.3, -0.25) is 9.88 Å². The lowest BCUT2D eigenvalue weighted by molar-refractivity contribution is 0.254. The van der Waals surface area contributed by atoms with Gasteiger partial charge in [0.2, 0.25) is 0 Å². The first kappa shape index (κ1) is 11.9. The Hall–Kier alpha value is -1.13. The lowest BCUT2D eigenvalue weighted by Gasteiger charge is -2.27. The molecule has 0 amide bonds. The van der Waals surface area contributed by atoms with Crippen LogP contribution in [0.2, 0.25) is 0 Å². The lowest BCUT2D eigenvalue weighted by Crippen LogP contribution is -2.36. The number of hydrogen-bond donors (Lipinski definition) is 1. The minimum atomic E-state index is 0.522. The Kier molecular flexibility index (Phi) is 3.22. The van der Waals surface area contributed by atoms with Crippen LogP contribution >= 0.6 is 0 Å². The topological polar surface area (TPSA) is 45.4 Å². The summed E-state index contributed by atoms with van der Waals surface area (Å²) >= 11 is 0. The van der Waals surface area contributed by atoms with Crippen molar-refractivity contribution in [2.24, 2.45) is 5.73 Å². The number of likely N-dealkylation sites (N-methyl/N-ethyl adjacent to an activating group) is 1. The summed E-state index contributed by atoms with van der Waals surface area (Å²) < 4.78 is 0. The third-order valence-corrected chi connectivity index (χ3v) is 4.53. The molecule has 4 heteroatoms. The Labute approximate surface area is 109 Å². The molecule has 1 aromatic rings. The highest BCUT2D eigenvalue weighted by molar-refractivity contribution is 5.45. The third-order valence-electron chi connectivity index (χ3n) is 4.53. The van der Waals surface area contributed by atoms with Crippen LogP contribution in [0.3, 0.4) is 0 Å². The van der Waals surface area contributed by atoms with E-state index < -0.39 is 0 Å². The second-order valence-corrected chi connectivity index (χ2v) is 5.50. The van der Waals surface area contributed by atoms with Gasteiger partial charge in [0, 0.05) is 31.7 Å². The Balaban J connectivity index is 1.76. The number of rotatable bonds is 2. The van der Waals surface area contributed by atoms with Crippen molar-refractivity contribution in [3.8, 4) is 0 Å². The zero-order valence-electron chi connectivity index (χ0n) is 11.0. The van der Waals surface area contributed by atoms with Gasteiger partial charge in [-0.15, -0.1) is 0 Å². The van der Waals surface area contributed by atoms with Crippen molar-refractivity contribution in [3.63, 3.8) is 0 Å². The molecule has 2 unspecified atom stereocenters. The van der Waals surface area contributed by atoms with E-state index >= 15 is 0 Å².